The zero-order valence-electron chi connectivity index (χ0n) is 10.8. The predicted molar refractivity (Wildman–Crippen MR) is 70.7 cm³/mol. The van der Waals surface area contributed by atoms with Crippen molar-refractivity contribution < 1.29 is 4.74 Å². The molecule has 0 aromatic carbocycles. The third-order valence-electron chi connectivity index (χ3n) is 2.81. The maximum atomic E-state index is 5.36. The summed E-state index contributed by atoms with van der Waals surface area (Å²) < 4.78 is 5.36. The van der Waals surface area contributed by atoms with Crippen LogP contribution in [0.15, 0.2) is 36.8 Å². The normalized spacial score (nSPS) is 12.2. The van der Waals surface area contributed by atoms with Crippen LogP contribution in [0.5, 0.6) is 5.75 Å². The van der Waals surface area contributed by atoms with Crippen LogP contribution in [0.1, 0.15) is 22.9 Å². The monoisotopic (exact) mass is 243 g/mol. The molecular formula is C14H17N3O. The van der Waals surface area contributed by atoms with Crippen molar-refractivity contribution >= 4 is 0 Å². The number of aryl methyl sites for hydroxylation is 1. The van der Waals surface area contributed by atoms with Crippen molar-refractivity contribution in [3.8, 4) is 5.75 Å². The highest BCUT2D eigenvalue weighted by Gasteiger charge is 2.18. The molecule has 1 atom stereocenters. The minimum atomic E-state index is -0.0199. The van der Waals surface area contributed by atoms with Gasteiger partial charge >= 0.3 is 0 Å². The van der Waals surface area contributed by atoms with Crippen LogP contribution in [-0.2, 0) is 0 Å². The molecule has 0 saturated heterocycles. The predicted octanol–water partition coefficient (Wildman–Crippen LogP) is 2.10. The molecule has 0 aliphatic heterocycles. The van der Waals surface area contributed by atoms with Crippen LogP contribution in [0.25, 0.3) is 0 Å². The summed E-state index contributed by atoms with van der Waals surface area (Å²) in [4.78, 5) is 8.64. The van der Waals surface area contributed by atoms with Gasteiger partial charge in [0.25, 0.3) is 0 Å². The number of nitrogens with zero attached hydrogens (tertiary/aromatic N) is 2. The first-order valence-corrected chi connectivity index (χ1v) is 5.84. The van der Waals surface area contributed by atoms with Crippen molar-refractivity contribution in [1.29, 1.82) is 0 Å². The largest absolute Gasteiger partial charge is 0.495 e. The first-order valence-electron chi connectivity index (χ1n) is 5.84. The zero-order valence-corrected chi connectivity index (χ0v) is 10.8. The van der Waals surface area contributed by atoms with E-state index in [4.69, 9.17) is 4.74 Å². The van der Waals surface area contributed by atoms with Gasteiger partial charge in [-0.15, -0.1) is 0 Å². The Morgan fingerprint density at radius 1 is 1.33 bits per heavy atom. The Labute approximate surface area is 107 Å². The smallest absolute Gasteiger partial charge is 0.142 e. The summed E-state index contributed by atoms with van der Waals surface area (Å²) >= 11 is 0. The molecule has 4 nitrogen and oxygen atoms in total. The molecule has 0 saturated carbocycles. The molecule has 0 spiro atoms. The second kappa shape index (κ2) is 5.60. The molecule has 0 aliphatic rings. The fourth-order valence-corrected chi connectivity index (χ4v) is 1.99. The van der Waals surface area contributed by atoms with Crippen LogP contribution >= 0.6 is 0 Å². The average Bonchev–Trinajstić information content (AvgIpc) is 2.40. The van der Waals surface area contributed by atoms with Gasteiger partial charge < -0.3 is 10.1 Å². The lowest BCUT2D eigenvalue weighted by Gasteiger charge is -2.18. The maximum Gasteiger partial charge on any atom is 0.142 e. The molecule has 2 rings (SSSR count). The summed E-state index contributed by atoms with van der Waals surface area (Å²) in [5.41, 5.74) is 3.08. The van der Waals surface area contributed by atoms with E-state index in [1.54, 1.807) is 13.3 Å². The van der Waals surface area contributed by atoms with E-state index in [0.717, 1.165) is 22.6 Å². The number of methoxy groups -OCH3 is 1. The molecule has 0 amide bonds. The highest BCUT2D eigenvalue weighted by atomic mass is 16.5. The van der Waals surface area contributed by atoms with Gasteiger partial charge in [0.1, 0.15) is 11.4 Å². The molecule has 2 aromatic rings. The summed E-state index contributed by atoms with van der Waals surface area (Å²) in [7, 11) is 3.56. The quantitative estimate of drug-likeness (QED) is 0.893. The highest BCUT2D eigenvalue weighted by Crippen LogP contribution is 2.27. The van der Waals surface area contributed by atoms with Crippen LogP contribution in [0.3, 0.4) is 0 Å². The fraction of sp³-hybridized carbons (Fsp3) is 0.286. The van der Waals surface area contributed by atoms with Crippen LogP contribution in [0, 0.1) is 6.92 Å². The number of aromatic nitrogens is 2. The van der Waals surface area contributed by atoms with Gasteiger partial charge in [0, 0.05) is 18.6 Å². The van der Waals surface area contributed by atoms with Crippen molar-refractivity contribution in [3.63, 3.8) is 0 Å². The van der Waals surface area contributed by atoms with E-state index in [1.165, 1.54) is 0 Å². The number of rotatable bonds is 4. The second-order valence-corrected chi connectivity index (χ2v) is 4.11. The topological polar surface area (TPSA) is 47.0 Å². The first-order chi connectivity index (χ1) is 8.76. The Morgan fingerprint density at radius 3 is 2.83 bits per heavy atom. The lowest BCUT2D eigenvalue weighted by Crippen LogP contribution is -2.20. The summed E-state index contributed by atoms with van der Waals surface area (Å²) in [6.45, 7) is 2.03. The van der Waals surface area contributed by atoms with Crippen LogP contribution in [-0.4, -0.2) is 24.1 Å². The minimum Gasteiger partial charge on any atom is -0.495 e. The van der Waals surface area contributed by atoms with E-state index in [1.807, 2.05) is 38.5 Å². The second-order valence-electron chi connectivity index (χ2n) is 4.11. The molecule has 0 bridgehead atoms. The van der Waals surface area contributed by atoms with Gasteiger partial charge in [-0.3, -0.25) is 9.97 Å². The SMILES string of the molecule is CNC(c1cncc(C)c1)c1ncccc1OC. The van der Waals surface area contributed by atoms with Gasteiger partial charge in [-0.2, -0.15) is 0 Å². The number of hydrogen-bond acceptors (Lipinski definition) is 4. The van der Waals surface area contributed by atoms with Gasteiger partial charge in [-0.05, 0) is 37.2 Å². The number of hydrogen-bond donors (Lipinski definition) is 1. The van der Waals surface area contributed by atoms with Gasteiger partial charge in [0.15, 0.2) is 0 Å². The Bertz CT molecular complexity index is 528. The van der Waals surface area contributed by atoms with Crippen molar-refractivity contribution in [2.45, 2.75) is 13.0 Å². The summed E-state index contributed by atoms with van der Waals surface area (Å²) in [5.74, 6) is 0.776. The summed E-state index contributed by atoms with van der Waals surface area (Å²) in [6, 6.07) is 5.86. The molecule has 0 aliphatic carbocycles. The molecule has 18 heavy (non-hydrogen) atoms. The molecule has 4 heteroatoms. The van der Waals surface area contributed by atoms with E-state index in [0.29, 0.717) is 0 Å². The standard InChI is InChI=1S/C14H17N3O/c1-10-7-11(9-16-8-10)13(15-2)14-12(18-3)5-4-6-17-14/h4-9,13,15H,1-3H3. The molecular weight excluding hydrogens is 226 g/mol. The Morgan fingerprint density at radius 2 is 2.17 bits per heavy atom. The minimum absolute atomic E-state index is 0.0199. The van der Waals surface area contributed by atoms with E-state index in [2.05, 4.69) is 21.4 Å². The van der Waals surface area contributed by atoms with Gasteiger partial charge in [0.2, 0.25) is 0 Å². The lowest BCUT2D eigenvalue weighted by molar-refractivity contribution is 0.401. The fourth-order valence-electron chi connectivity index (χ4n) is 1.99. The van der Waals surface area contributed by atoms with Crippen LogP contribution < -0.4 is 10.1 Å². The third kappa shape index (κ3) is 2.49. The number of pyridine rings is 2. The lowest BCUT2D eigenvalue weighted by atomic mass is 10.0. The van der Waals surface area contributed by atoms with Crippen molar-refractivity contribution in [2.75, 3.05) is 14.2 Å². The average molecular weight is 243 g/mol. The molecule has 0 fully saturated rings. The Balaban J connectivity index is 2.45. The van der Waals surface area contributed by atoms with Crippen molar-refractivity contribution in [1.82, 2.24) is 15.3 Å². The summed E-state index contributed by atoms with van der Waals surface area (Å²) in [5, 5.41) is 3.25. The van der Waals surface area contributed by atoms with Crippen molar-refractivity contribution in [2.24, 2.45) is 0 Å². The van der Waals surface area contributed by atoms with E-state index >= 15 is 0 Å². The highest BCUT2D eigenvalue weighted by molar-refractivity contribution is 5.36. The Kier molecular flexibility index (Phi) is 3.89. The molecule has 0 radical (unpaired) electrons. The van der Waals surface area contributed by atoms with E-state index in [-0.39, 0.29) is 6.04 Å². The molecule has 2 aromatic heterocycles. The van der Waals surface area contributed by atoms with E-state index in [9.17, 15) is 0 Å². The molecule has 1 unspecified atom stereocenters. The van der Waals surface area contributed by atoms with Crippen LogP contribution in [0.4, 0.5) is 0 Å². The maximum absolute atomic E-state index is 5.36. The molecule has 1 N–H and O–H groups in total. The van der Waals surface area contributed by atoms with Crippen molar-refractivity contribution in [3.05, 3.63) is 53.6 Å². The number of ether oxygens (including phenoxy) is 1. The molecule has 94 valence electrons. The summed E-state index contributed by atoms with van der Waals surface area (Å²) in [6.07, 6.45) is 5.46. The van der Waals surface area contributed by atoms with Crippen LogP contribution in [0.2, 0.25) is 0 Å². The first kappa shape index (κ1) is 12.5. The van der Waals surface area contributed by atoms with Gasteiger partial charge in [-0.25, -0.2) is 0 Å². The van der Waals surface area contributed by atoms with E-state index < -0.39 is 0 Å². The zero-order chi connectivity index (χ0) is 13.0. The Hall–Kier alpha value is -1.94. The molecule has 2 heterocycles. The third-order valence-corrected chi connectivity index (χ3v) is 2.81. The van der Waals surface area contributed by atoms with Gasteiger partial charge in [0.05, 0.1) is 13.2 Å². The number of nitrogens with one attached hydrogen (secondary N) is 1. The van der Waals surface area contributed by atoms with Gasteiger partial charge in [-0.1, -0.05) is 6.07 Å².